The molecule has 15 heavy (non-hydrogen) atoms. The second-order valence-corrected chi connectivity index (χ2v) is 4.35. The average Bonchev–Trinajstić information content (AvgIpc) is 2.54. The number of aliphatic hydroxyl groups is 1. The Hall–Kier alpha value is -1.08. The molecule has 1 heteroatoms. The Morgan fingerprint density at radius 2 is 2.07 bits per heavy atom. The van der Waals surface area contributed by atoms with Crippen LogP contribution in [0.5, 0.6) is 0 Å². The number of benzene rings is 1. The van der Waals surface area contributed by atoms with Crippen LogP contribution in [0.3, 0.4) is 0 Å². The van der Waals surface area contributed by atoms with Crippen molar-refractivity contribution in [3.63, 3.8) is 0 Å². The maximum absolute atomic E-state index is 10.1. The van der Waals surface area contributed by atoms with Crippen LogP contribution < -0.4 is 0 Å². The van der Waals surface area contributed by atoms with Gasteiger partial charge in [0.2, 0.25) is 0 Å². The highest BCUT2D eigenvalue weighted by molar-refractivity contribution is 5.66. The molecular weight excluding hydrogens is 184 g/mol. The molecule has 1 aliphatic rings. The van der Waals surface area contributed by atoms with E-state index >= 15 is 0 Å². The standard InChI is InChI=1S/C14H18O/c1-3-6-13(15)14-10(2)9-11-7-4-5-8-12(11)14/h4-5,7-9,13-15H,3,6H2,1-2H3. The van der Waals surface area contributed by atoms with Crippen molar-refractivity contribution in [2.75, 3.05) is 0 Å². The van der Waals surface area contributed by atoms with Crippen LogP contribution in [0.1, 0.15) is 43.7 Å². The monoisotopic (exact) mass is 202 g/mol. The molecule has 0 spiro atoms. The highest BCUT2D eigenvalue weighted by Gasteiger charge is 2.27. The molecule has 2 rings (SSSR count). The van der Waals surface area contributed by atoms with Gasteiger partial charge in [0.15, 0.2) is 0 Å². The van der Waals surface area contributed by atoms with E-state index in [1.54, 1.807) is 0 Å². The van der Waals surface area contributed by atoms with Crippen LogP contribution >= 0.6 is 0 Å². The summed E-state index contributed by atoms with van der Waals surface area (Å²) in [7, 11) is 0. The van der Waals surface area contributed by atoms with Gasteiger partial charge in [-0.05, 0) is 24.5 Å². The predicted octanol–water partition coefficient (Wildman–Crippen LogP) is 3.35. The lowest BCUT2D eigenvalue weighted by atomic mass is 9.89. The molecule has 0 saturated carbocycles. The summed E-state index contributed by atoms with van der Waals surface area (Å²) in [5.41, 5.74) is 3.85. The first kappa shape index (κ1) is 10.4. The summed E-state index contributed by atoms with van der Waals surface area (Å²) >= 11 is 0. The molecule has 2 atom stereocenters. The summed E-state index contributed by atoms with van der Waals surface area (Å²) in [6.45, 7) is 4.23. The molecule has 0 heterocycles. The second-order valence-electron chi connectivity index (χ2n) is 4.35. The van der Waals surface area contributed by atoms with E-state index in [1.165, 1.54) is 16.7 Å². The lowest BCUT2D eigenvalue weighted by Crippen LogP contribution is -2.17. The molecule has 0 bridgehead atoms. The Balaban J connectivity index is 2.31. The highest BCUT2D eigenvalue weighted by Crippen LogP contribution is 2.39. The summed E-state index contributed by atoms with van der Waals surface area (Å²) in [5, 5.41) is 10.1. The van der Waals surface area contributed by atoms with Gasteiger partial charge in [0.05, 0.1) is 6.10 Å². The Morgan fingerprint density at radius 3 is 2.80 bits per heavy atom. The molecular formula is C14H18O. The van der Waals surface area contributed by atoms with Crippen molar-refractivity contribution in [1.82, 2.24) is 0 Å². The topological polar surface area (TPSA) is 20.2 Å². The minimum Gasteiger partial charge on any atom is -0.392 e. The van der Waals surface area contributed by atoms with E-state index in [-0.39, 0.29) is 12.0 Å². The summed E-state index contributed by atoms with van der Waals surface area (Å²) in [4.78, 5) is 0. The molecule has 1 nitrogen and oxygen atoms in total. The van der Waals surface area contributed by atoms with Crippen molar-refractivity contribution in [2.45, 2.75) is 38.7 Å². The molecule has 2 unspecified atom stereocenters. The van der Waals surface area contributed by atoms with E-state index in [0.717, 1.165) is 12.8 Å². The molecule has 1 aromatic carbocycles. The van der Waals surface area contributed by atoms with Gasteiger partial charge in [-0.3, -0.25) is 0 Å². The van der Waals surface area contributed by atoms with E-state index in [2.05, 4.69) is 44.2 Å². The van der Waals surface area contributed by atoms with Crippen LogP contribution in [-0.4, -0.2) is 11.2 Å². The summed E-state index contributed by atoms with van der Waals surface area (Å²) in [5.74, 6) is 0.223. The van der Waals surface area contributed by atoms with Gasteiger partial charge in [0, 0.05) is 5.92 Å². The third-order valence-corrected chi connectivity index (χ3v) is 3.17. The zero-order chi connectivity index (χ0) is 10.8. The van der Waals surface area contributed by atoms with Crippen molar-refractivity contribution in [3.05, 3.63) is 41.0 Å². The number of hydrogen-bond donors (Lipinski definition) is 1. The number of aliphatic hydroxyl groups excluding tert-OH is 1. The Bertz CT molecular complexity index is 379. The van der Waals surface area contributed by atoms with Gasteiger partial charge in [0.25, 0.3) is 0 Å². The van der Waals surface area contributed by atoms with Crippen molar-refractivity contribution in [2.24, 2.45) is 0 Å². The quantitative estimate of drug-likeness (QED) is 0.797. The lowest BCUT2D eigenvalue weighted by Gasteiger charge is -2.20. The van der Waals surface area contributed by atoms with Crippen molar-refractivity contribution in [1.29, 1.82) is 0 Å². The van der Waals surface area contributed by atoms with E-state index in [9.17, 15) is 5.11 Å². The van der Waals surface area contributed by atoms with Gasteiger partial charge in [-0.15, -0.1) is 0 Å². The van der Waals surface area contributed by atoms with E-state index in [0.29, 0.717) is 0 Å². The van der Waals surface area contributed by atoms with Gasteiger partial charge in [-0.2, -0.15) is 0 Å². The second kappa shape index (κ2) is 4.19. The molecule has 0 radical (unpaired) electrons. The Labute approximate surface area is 91.4 Å². The molecule has 0 fully saturated rings. The van der Waals surface area contributed by atoms with Crippen LogP contribution in [-0.2, 0) is 0 Å². The predicted molar refractivity (Wildman–Crippen MR) is 63.7 cm³/mol. The smallest absolute Gasteiger partial charge is 0.0646 e. The highest BCUT2D eigenvalue weighted by atomic mass is 16.3. The summed E-state index contributed by atoms with van der Waals surface area (Å²) in [6, 6.07) is 8.36. The molecule has 1 N–H and O–H groups in total. The van der Waals surface area contributed by atoms with Gasteiger partial charge in [0.1, 0.15) is 0 Å². The fourth-order valence-electron chi connectivity index (χ4n) is 2.48. The number of hydrogen-bond acceptors (Lipinski definition) is 1. The van der Waals surface area contributed by atoms with E-state index < -0.39 is 0 Å². The first-order valence-corrected chi connectivity index (χ1v) is 5.69. The zero-order valence-corrected chi connectivity index (χ0v) is 9.40. The largest absolute Gasteiger partial charge is 0.392 e. The van der Waals surface area contributed by atoms with Crippen molar-refractivity contribution >= 4 is 6.08 Å². The normalized spacial score (nSPS) is 21.0. The van der Waals surface area contributed by atoms with Gasteiger partial charge in [-0.25, -0.2) is 0 Å². The fraction of sp³-hybridized carbons (Fsp3) is 0.429. The minimum atomic E-state index is -0.227. The average molecular weight is 202 g/mol. The molecule has 1 aliphatic carbocycles. The minimum absolute atomic E-state index is 0.223. The molecule has 0 aliphatic heterocycles. The molecule has 80 valence electrons. The maximum Gasteiger partial charge on any atom is 0.0646 e. The third-order valence-electron chi connectivity index (χ3n) is 3.17. The van der Waals surface area contributed by atoms with Crippen LogP contribution in [0.4, 0.5) is 0 Å². The molecule has 0 amide bonds. The van der Waals surface area contributed by atoms with Gasteiger partial charge in [-0.1, -0.05) is 49.3 Å². The van der Waals surface area contributed by atoms with Crippen LogP contribution in [0.2, 0.25) is 0 Å². The van der Waals surface area contributed by atoms with E-state index in [1.807, 2.05) is 0 Å². The SMILES string of the molecule is CCCC(O)C1C(C)=Cc2ccccc21. The fourth-order valence-corrected chi connectivity index (χ4v) is 2.48. The molecule has 1 aromatic rings. The first-order chi connectivity index (χ1) is 7.24. The van der Waals surface area contributed by atoms with Gasteiger partial charge < -0.3 is 5.11 Å². The molecule has 0 aromatic heterocycles. The van der Waals surface area contributed by atoms with Crippen LogP contribution in [0.15, 0.2) is 29.8 Å². The van der Waals surface area contributed by atoms with Crippen molar-refractivity contribution in [3.8, 4) is 0 Å². The number of rotatable bonds is 3. The van der Waals surface area contributed by atoms with Crippen molar-refractivity contribution < 1.29 is 5.11 Å². The first-order valence-electron chi connectivity index (χ1n) is 5.69. The zero-order valence-electron chi connectivity index (χ0n) is 9.40. The third kappa shape index (κ3) is 1.84. The maximum atomic E-state index is 10.1. The van der Waals surface area contributed by atoms with Crippen LogP contribution in [0.25, 0.3) is 6.08 Å². The van der Waals surface area contributed by atoms with E-state index in [4.69, 9.17) is 0 Å². The summed E-state index contributed by atoms with van der Waals surface area (Å²) in [6.07, 6.45) is 3.88. The Kier molecular flexibility index (Phi) is 2.92. The van der Waals surface area contributed by atoms with Crippen LogP contribution in [0, 0.1) is 0 Å². The number of fused-ring (bicyclic) bond motifs is 1. The molecule has 0 saturated heterocycles. The summed E-state index contributed by atoms with van der Waals surface area (Å²) < 4.78 is 0. The van der Waals surface area contributed by atoms with Gasteiger partial charge >= 0.3 is 0 Å². The lowest BCUT2D eigenvalue weighted by molar-refractivity contribution is 0.145. The Morgan fingerprint density at radius 1 is 1.33 bits per heavy atom.